The van der Waals surface area contributed by atoms with Crippen molar-refractivity contribution in [3.63, 3.8) is 0 Å². The van der Waals surface area contributed by atoms with E-state index in [0.717, 1.165) is 21.7 Å². The Hall–Kier alpha value is -2.19. The summed E-state index contributed by atoms with van der Waals surface area (Å²) in [6, 6.07) is 9.35. The maximum absolute atomic E-state index is 12.1. The van der Waals surface area contributed by atoms with Crippen LogP contribution >= 0.6 is 11.3 Å². The van der Waals surface area contributed by atoms with Crippen molar-refractivity contribution in [1.82, 2.24) is 9.97 Å². The second kappa shape index (κ2) is 7.59. The lowest BCUT2D eigenvalue weighted by atomic mass is 10.2. The van der Waals surface area contributed by atoms with Crippen LogP contribution in [0.5, 0.6) is 0 Å². The molecule has 0 saturated heterocycles. The van der Waals surface area contributed by atoms with E-state index in [1.54, 1.807) is 23.5 Å². The highest BCUT2D eigenvalue weighted by Gasteiger charge is 2.16. The fraction of sp³-hybridized carbons (Fsp3) is 0.333. The van der Waals surface area contributed by atoms with Crippen LogP contribution in [0.1, 0.15) is 20.3 Å². The summed E-state index contributed by atoms with van der Waals surface area (Å²) < 4.78 is 23.8. The molecule has 2 N–H and O–H groups in total. The Morgan fingerprint density at radius 1 is 1.31 bits per heavy atom. The molecule has 0 aliphatic heterocycles. The van der Waals surface area contributed by atoms with Crippen LogP contribution < -0.4 is 5.32 Å². The number of aromatic nitrogens is 2. The zero-order chi connectivity index (χ0) is 18.7. The topological polar surface area (TPSA) is 91.9 Å². The quantitative estimate of drug-likeness (QED) is 0.642. The van der Waals surface area contributed by atoms with Crippen LogP contribution in [0, 0.1) is 5.92 Å². The maximum Gasteiger partial charge on any atom is 0.225 e. The molecule has 3 aromatic rings. The molecule has 0 aliphatic rings. The van der Waals surface area contributed by atoms with Gasteiger partial charge in [-0.25, -0.2) is 13.4 Å². The number of thiophene rings is 1. The van der Waals surface area contributed by atoms with Crippen LogP contribution in [0.2, 0.25) is 0 Å². The fourth-order valence-electron chi connectivity index (χ4n) is 2.68. The maximum atomic E-state index is 12.1. The first-order chi connectivity index (χ1) is 12.3. The minimum atomic E-state index is -3.20. The number of sulfone groups is 1. The van der Waals surface area contributed by atoms with Crippen molar-refractivity contribution in [1.29, 1.82) is 0 Å². The van der Waals surface area contributed by atoms with E-state index in [2.05, 4.69) is 15.3 Å². The molecule has 0 aliphatic carbocycles. The monoisotopic (exact) mass is 391 g/mol. The summed E-state index contributed by atoms with van der Waals surface area (Å²) >= 11 is 1.60. The highest BCUT2D eigenvalue weighted by molar-refractivity contribution is 7.91. The molecular formula is C18H21N3O3S2. The van der Waals surface area contributed by atoms with E-state index in [1.807, 2.05) is 37.4 Å². The third kappa shape index (κ3) is 4.70. The van der Waals surface area contributed by atoms with E-state index in [4.69, 9.17) is 0 Å². The summed E-state index contributed by atoms with van der Waals surface area (Å²) in [6.45, 7) is 3.70. The number of fused-ring (bicyclic) bond motifs is 1. The van der Waals surface area contributed by atoms with Crippen molar-refractivity contribution in [2.24, 2.45) is 5.92 Å². The Balaban J connectivity index is 1.66. The summed E-state index contributed by atoms with van der Waals surface area (Å²) in [4.78, 5) is 20.9. The molecule has 0 spiro atoms. The summed E-state index contributed by atoms with van der Waals surface area (Å²) in [6.07, 6.45) is -0.0451. The lowest BCUT2D eigenvalue weighted by Crippen LogP contribution is -2.20. The Morgan fingerprint density at radius 3 is 2.81 bits per heavy atom. The number of imidazole rings is 1. The Kier molecular flexibility index (Phi) is 5.43. The van der Waals surface area contributed by atoms with Gasteiger partial charge in [-0.15, -0.1) is 11.3 Å². The first-order valence-corrected chi connectivity index (χ1v) is 11.1. The molecule has 0 saturated carbocycles. The van der Waals surface area contributed by atoms with Crippen molar-refractivity contribution in [3.05, 3.63) is 35.7 Å². The average molecular weight is 392 g/mol. The summed E-state index contributed by atoms with van der Waals surface area (Å²) in [7, 11) is -3.20. The van der Waals surface area contributed by atoms with Gasteiger partial charge < -0.3 is 10.3 Å². The molecule has 1 aromatic carbocycles. The van der Waals surface area contributed by atoms with E-state index >= 15 is 0 Å². The van der Waals surface area contributed by atoms with Crippen molar-refractivity contribution in [3.8, 4) is 10.7 Å². The highest BCUT2D eigenvalue weighted by Crippen LogP contribution is 2.26. The molecule has 6 nitrogen and oxygen atoms in total. The molecule has 3 rings (SSSR count). The fourth-order valence-corrected chi connectivity index (χ4v) is 5.03. The van der Waals surface area contributed by atoms with Gasteiger partial charge in [-0.2, -0.15) is 0 Å². The number of amides is 1. The molecule has 138 valence electrons. The highest BCUT2D eigenvalue weighted by atomic mass is 32.2. The number of H-pyrrole nitrogens is 1. The van der Waals surface area contributed by atoms with Crippen LogP contribution in [-0.4, -0.2) is 35.8 Å². The second-order valence-electron chi connectivity index (χ2n) is 6.60. The number of carbonyl (C=O) groups is 1. The molecular weight excluding hydrogens is 370 g/mol. The minimum absolute atomic E-state index is 0.0451. The molecule has 26 heavy (non-hydrogen) atoms. The van der Waals surface area contributed by atoms with E-state index < -0.39 is 9.84 Å². The zero-order valence-electron chi connectivity index (χ0n) is 14.7. The molecule has 0 bridgehead atoms. The SMILES string of the molecule is CC(C)CS(=O)(=O)CCC(=O)Nc1ccc2nc(-c3cccs3)[nH]c2c1. The number of hydrogen-bond donors (Lipinski definition) is 2. The van der Waals surface area contributed by atoms with Gasteiger partial charge in [0.1, 0.15) is 5.82 Å². The lowest BCUT2D eigenvalue weighted by Gasteiger charge is -2.08. The first-order valence-electron chi connectivity index (χ1n) is 8.36. The van der Waals surface area contributed by atoms with Gasteiger partial charge in [0.15, 0.2) is 9.84 Å². The summed E-state index contributed by atoms with van der Waals surface area (Å²) in [5.74, 6) is 0.508. The van der Waals surface area contributed by atoms with E-state index in [0.29, 0.717) is 5.69 Å². The number of anilines is 1. The molecule has 2 heterocycles. The minimum Gasteiger partial charge on any atom is -0.337 e. The number of benzene rings is 1. The molecule has 0 fully saturated rings. The van der Waals surface area contributed by atoms with Gasteiger partial charge in [0.2, 0.25) is 5.91 Å². The molecule has 2 aromatic heterocycles. The van der Waals surface area contributed by atoms with Crippen LogP contribution in [0.25, 0.3) is 21.7 Å². The molecule has 0 radical (unpaired) electrons. The van der Waals surface area contributed by atoms with Crippen molar-refractivity contribution < 1.29 is 13.2 Å². The van der Waals surface area contributed by atoms with Gasteiger partial charge in [-0.3, -0.25) is 4.79 Å². The summed E-state index contributed by atoms with van der Waals surface area (Å²) in [5, 5.41) is 4.74. The van der Waals surface area contributed by atoms with Crippen LogP contribution in [0.3, 0.4) is 0 Å². The van der Waals surface area contributed by atoms with Crippen molar-refractivity contribution >= 4 is 43.8 Å². The number of aromatic amines is 1. The third-order valence-corrected chi connectivity index (χ3v) is 6.62. The van der Waals surface area contributed by atoms with E-state index in [1.165, 1.54) is 0 Å². The Morgan fingerprint density at radius 2 is 2.12 bits per heavy atom. The Labute approximate surface area is 156 Å². The number of nitrogens with zero attached hydrogens (tertiary/aromatic N) is 1. The van der Waals surface area contributed by atoms with Gasteiger partial charge in [0.25, 0.3) is 0 Å². The number of hydrogen-bond acceptors (Lipinski definition) is 5. The number of carbonyl (C=O) groups excluding carboxylic acids is 1. The van der Waals surface area contributed by atoms with E-state index in [-0.39, 0.29) is 29.8 Å². The molecule has 0 atom stereocenters. The van der Waals surface area contributed by atoms with Crippen LogP contribution in [-0.2, 0) is 14.6 Å². The average Bonchev–Trinajstić information content (AvgIpc) is 3.20. The largest absolute Gasteiger partial charge is 0.337 e. The normalized spacial score (nSPS) is 12.0. The summed E-state index contributed by atoms with van der Waals surface area (Å²) in [5.41, 5.74) is 2.25. The van der Waals surface area contributed by atoms with Crippen LogP contribution in [0.4, 0.5) is 5.69 Å². The molecule has 1 amide bonds. The number of nitrogens with one attached hydrogen (secondary N) is 2. The van der Waals surface area contributed by atoms with Gasteiger partial charge in [0.05, 0.1) is 27.4 Å². The van der Waals surface area contributed by atoms with Crippen LogP contribution in [0.15, 0.2) is 35.7 Å². The Bertz CT molecular complexity index is 1010. The first kappa shape index (κ1) is 18.6. The predicted molar refractivity (Wildman–Crippen MR) is 106 cm³/mol. The van der Waals surface area contributed by atoms with Gasteiger partial charge in [-0.1, -0.05) is 19.9 Å². The van der Waals surface area contributed by atoms with Gasteiger partial charge >= 0.3 is 0 Å². The van der Waals surface area contributed by atoms with Crippen molar-refractivity contribution in [2.75, 3.05) is 16.8 Å². The predicted octanol–water partition coefficient (Wildman–Crippen LogP) is 3.69. The zero-order valence-corrected chi connectivity index (χ0v) is 16.3. The molecule has 0 unspecified atom stereocenters. The second-order valence-corrected chi connectivity index (χ2v) is 9.78. The molecule has 8 heteroatoms. The van der Waals surface area contributed by atoms with Crippen molar-refractivity contribution in [2.45, 2.75) is 20.3 Å². The smallest absolute Gasteiger partial charge is 0.225 e. The van der Waals surface area contributed by atoms with Gasteiger partial charge in [0, 0.05) is 12.1 Å². The standard InChI is InChI=1S/C18H21N3O3S2/c1-12(2)11-26(23,24)9-7-17(22)19-13-5-6-14-15(10-13)21-18(20-14)16-4-3-8-25-16/h3-6,8,10,12H,7,9,11H2,1-2H3,(H,19,22)(H,20,21). The van der Waals surface area contributed by atoms with Gasteiger partial charge in [-0.05, 0) is 35.6 Å². The third-order valence-electron chi connectivity index (χ3n) is 3.75. The number of rotatable bonds is 7. The van der Waals surface area contributed by atoms with E-state index in [9.17, 15) is 13.2 Å². The lowest BCUT2D eigenvalue weighted by molar-refractivity contribution is -0.115.